The molecule has 1 amide bonds. The van der Waals surface area contributed by atoms with E-state index in [0.29, 0.717) is 28.8 Å². The lowest BCUT2D eigenvalue weighted by Crippen LogP contribution is -2.29. The van der Waals surface area contributed by atoms with Crippen molar-refractivity contribution >= 4 is 23.2 Å². The van der Waals surface area contributed by atoms with Crippen LogP contribution in [0.4, 0.5) is 5.69 Å². The molecule has 0 spiro atoms. The molecule has 0 saturated heterocycles. The molecule has 6 heteroatoms. The summed E-state index contributed by atoms with van der Waals surface area (Å²) in [5, 5.41) is 3.23. The van der Waals surface area contributed by atoms with Crippen LogP contribution < -0.4 is 14.8 Å². The molecule has 0 radical (unpaired) electrons. The van der Waals surface area contributed by atoms with Gasteiger partial charge in [-0.2, -0.15) is 0 Å². The summed E-state index contributed by atoms with van der Waals surface area (Å²) in [7, 11) is 4.95. The van der Waals surface area contributed by atoms with Crippen LogP contribution in [0.25, 0.3) is 0 Å². The Hall–Kier alpha value is -2.24. The van der Waals surface area contributed by atoms with Crippen molar-refractivity contribution in [2.24, 2.45) is 0 Å². The molecule has 24 heavy (non-hydrogen) atoms. The standard InChI is InChI=1S/C18H21ClN2O3/c1-21(11-13-7-5-4-6-8-13)12-18(22)20-15-9-14(19)16(23-2)10-17(15)24-3/h4-10H,11-12H2,1-3H3,(H,20,22). The Balaban J connectivity index is 2.00. The van der Waals surface area contributed by atoms with Crippen LogP contribution in [-0.4, -0.2) is 38.6 Å². The predicted octanol–water partition coefficient (Wildman–Crippen LogP) is 3.43. The number of hydrogen-bond acceptors (Lipinski definition) is 4. The molecule has 5 nitrogen and oxygen atoms in total. The second-order valence-electron chi connectivity index (χ2n) is 5.39. The first kappa shape index (κ1) is 18.1. The van der Waals surface area contributed by atoms with Crippen molar-refractivity contribution in [3.63, 3.8) is 0 Å². The van der Waals surface area contributed by atoms with Crippen molar-refractivity contribution in [3.05, 3.63) is 53.1 Å². The Labute approximate surface area is 147 Å². The van der Waals surface area contributed by atoms with Crippen molar-refractivity contribution in [1.29, 1.82) is 0 Å². The molecule has 2 aromatic carbocycles. The Kier molecular flexibility index (Phi) is 6.46. The molecule has 0 aliphatic rings. The van der Waals surface area contributed by atoms with Crippen LogP contribution in [0.2, 0.25) is 5.02 Å². The summed E-state index contributed by atoms with van der Waals surface area (Å²) < 4.78 is 10.4. The van der Waals surface area contributed by atoms with E-state index in [0.717, 1.165) is 5.56 Å². The first-order valence-corrected chi connectivity index (χ1v) is 7.85. The van der Waals surface area contributed by atoms with Crippen LogP contribution in [-0.2, 0) is 11.3 Å². The molecule has 0 aromatic heterocycles. The molecule has 2 aromatic rings. The fraction of sp³-hybridized carbons (Fsp3) is 0.278. The monoisotopic (exact) mass is 348 g/mol. The molecular weight excluding hydrogens is 328 g/mol. The number of carbonyl (C=O) groups is 1. The summed E-state index contributed by atoms with van der Waals surface area (Å²) in [5.74, 6) is 0.844. The van der Waals surface area contributed by atoms with Crippen LogP contribution in [0.3, 0.4) is 0 Å². The van der Waals surface area contributed by atoms with E-state index in [1.807, 2.05) is 42.3 Å². The maximum Gasteiger partial charge on any atom is 0.238 e. The predicted molar refractivity (Wildman–Crippen MR) is 96.0 cm³/mol. The summed E-state index contributed by atoms with van der Waals surface area (Å²) in [6.07, 6.45) is 0. The molecule has 0 atom stereocenters. The average molecular weight is 349 g/mol. The number of carbonyl (C=O) groups excluding carboxylic acids is 1. The highest BCUT2D eigenvalue weighted by Gasteiger charge is 2.14. The lowest BCUT2D eigenvalue weighted by Gasteiger charge is -2.17. The van der Waals surface area contributed by atoms with Gasteiger partial charge in [-0.25, -0.2) is 0 Å². The Morgan fingerprint density at radius 3 is 2.42 bits per heavy atom. The molecule has 1 N–H and O–H groups in total. The smallest absolute Gasteiger partial charge is 0.238 e. The highest BCUT2D eigenvalue weighted by molar-refractivity contribution is 6.32. The minimum absolute atomic E-state index is 0.145. The number of likely N-dealkylation sites (N-methyl/N-ethyl adjacent to an activating group) is 1. The lowest BCUT2D eigenvalue weighted by atomic mass is 10.2. The fourth-order valence-electron chi connectivity index (χ4n) is 2.34. The van der Waals surface area contributed by atoms with E-state index in [4.69, 9.17) is 21.1 Å². The molecule has 0 bridgehead atoms. The van der Waals surface area contributed by atoms with E-state index in [2.05, 4.69) is 5.32 Å². The summed E-state index contributed by atoms with van der Waals surface area (Å²) in [4.78, 5) is 14.2. The van der Waals surface area contributed by atoms with Gasteiger partial charge in [0.15, 0.2) is 0 Å². The lowest BCUT2D eigenvalue weighted by molar-refractivity contribution is -0.117. The van der Waals surface area contributed by atoms with Crippen molar-refractivity contribution in [2.75, 3.05) is 33.1 Å². The third-order valence-corrected chi connectivity index (χ3v) is 3.75. The maximum absolute atomic E-state index is 12.3. The summed E-state index contributed by atoms with van der Waals surface area (Å²) in [6, 6.07) is 13.2. The van der Waals surface area contributed by atoms with Crippen molar-refractivity contribution in [3.8, 4) is 11.5 Å². The second-order valence-corrected chi connectivity index (χ2v) is 5.80. The number of amides is 1. The van der Waals surface area contributed by atoms with Gasteiger partial charge in [-0.05, 0) is 18.7 Å². The summed E-state index contributed by atoms with van der Waals surface area (Å²) >= 11 is 6.11. The quantitative estimate of drug-likeness (QED) is 0.833. The van der Waals surface area contributed by atoms with Crippen molar-refractivity contribution < 1.29 is 14.3 Å². The van der Waals surface area contributed by atoms with Crippen molar-refractivity contribution in [1.82, 2.24) is 4.90 Å². The van der Waals surface area contributed by atoms with E-state index in [1.165, 1.54) is 14.2 Å². The zero-order valence-corrected chi connectivity index (χ0v) is 14.8. The van der Waals surface area contributed by atoms with Gasteiger partial charge in [0.25, 0.3) is 0 Å². The zero-order valence-electron chi connectivity index (χ0n) is 14.0. The number of rotatable bonds is 7. The Morgan fingerprint density at radius 1 is 1.12 bits per heavy atom. The topological polar surface area (TPSA) is 50.8 Å². The SMILES string of the molecule is COc1cc(OC)c(NC(=O)CN(C)Cc2ccccc2)cc1Cl. The molecule has 0 aliphatic carbocycles. The Morgan fingerprint density at radius 2 is 1.79 bits per heavy atom. The van der Waals surface area contributed by atoms with Crippen LogP contribution in [0.15, 0.2) is 42.5 Å². The first-order valence-electron chi connectivity index (χ1n) is 7.47. The number of halogens is 1. The van der Waals surface area contributed by atoms with Crippen molar-refractivity contribution in [2.45, 2.75) is 6.54 Å². The van der Waals surface area contributed by atoms with Gasteiger partial charge in [-0.3, -0.25) is 9.69 Å². The minimum Gasteiger partial charge on any atom is -0.495 e. The van der Waals surface area contributed by atoms with Crippen LogP contribution >= 0.6 is 11.6 Å². The molecule has 2 rings (SSSR count). The third-order valence-electron chi connectivity index (χ3n) is 3.46. The molecule has 0 unspecified atom stereocenters. The van der Waals surface area contributed by atoms with Crippen LogP contribution in [0, 0.1) is 0 Å². The molecule has 0 fully saturated rings. The van der Waals surface area contributed by atoms with Crippen LogP contribution in [0.5, 0.6) is 11.5 Å². The number of nitrogens with zero attached hydrogens (tertiary/aromatic N) is 1. The van der Waals surface area contributed by atoms with E-state index in [9.17, 15) is 4.79 Å². The molecule has 0 aliphatic heterocycles. The average Bonchev–Trinajstić information content (AvgIpc) is 2.55. The number of benzene rings is 2. The van der Waals surface area contributed by atoms with Crippen LogP contribution in [0.1, 0.15) is 5.56 Å². The second kappa shape index (κ2) is 8.57. The highest BCUT2D eigenvalue weighted by Crippen LogP contribution is 2.35. The van der Waals surface area contributed by atoms with Gasteiger partial charge in [-0.1, -0.05) is 41.9 Å². The van der Waals surface area contributed by atoms with Gasteiger partial charge in [-0.15, -0.1) is 0 Å². The van der Waals surface area contributed by atoms with Gasteiger partial charge in [0.2, 0.25) is 5.91 Å². The Bertz CT molecular complexity index is 692. The molecule has 0 heterocycles. The van der Waals surface area contributed by atoms with E-state index < -0.39 is 0 Å². The van der Waals surface area contributed by atoms with Gasteiger partial charge in [0, 0.05) is 12.6 Å². The van der Waals surface area contributed by atoms with Gasteiger partial charge >= 0.3 is 0 Å². The number of anilines is 1. The fourth-order valence-corrected chi connectivity index (χ4v) is 2.58. The summed E-state index contributed by atoms with van der Waals surface area (Å²) in [5.41, 5.74) is 1.67. The van der Waals surface area contributed by atoms with Gasteiger partial charge < -0.3 is 14.8 Å². The largest absolute Gasteiger partial charge is 0.495 e. The normalized spacial score (nSPS) is 10.5. The molecule has 128 valence electrons. The van der Waals surface area contributed by atoms with E-state index in [-0.39, 0.29) is 12.5 Å². The molecule has 0 saturated carbocycles. The minimum atomic E-state index is -0.145. The number of ether oxygens (including phenoxy) is 2. The third kappa shape index (κ3) is 4.88. The van der Waals surface area contributed by atoms with Gasteiger partial charge in [0.05, 0.1) is 31.5 Å². The first-order chi connectivity index (χ1) is 11.5. The van der Waals surface area contributed by atoms with E-state index >= 15 is 0 Å². The number of hydrogen-bond donors (Lipinski definition) is 1. The number of nitrogens with one attached hydrogen (secondary N) is 1. The number of methoxy groups -OCH3 is 2. The van der Waals surface area contributed by atoms with E-state index in [1.54, 1.807) is 12.1 Å². The maximum atomic E-state index is 12.3. The van der Waals surface area contributed by atoms with Gasteiger partial charge in [0.1, 0.15) is 11.5 Å². The molecular formula is C18H21ClN2O3. The highest BCUT2D eigenvalue weighted by atomic mass is 35.5. The zero-order chi connectivity index (χ0) is 17.5. The summed E-state index contributed by atoms with van der Waals surface area (Å²) in [6.45, 7) is 0.941.